The van der Waals surface area contributed by atoms with E-state index in [4.69, 9.17) is 0 Å². The van der Waals surface area contributed by atoms with Gasteiger partial charge in [-0.1, -0.05) is 0 Å². The van der Waals surface area contributed by atoms with Gasteiger partial charge < -0.3 is 9.80 Å². The molecule has 0 N–H and O–H groups in total. The SMILES string of the molecule is Cc1cc(-c2ccnc(-n3ncc(C(=O)N4CCN(C=O)CC4)c3C)n2)c(C)s1. The maximum Gasteiger partial charge on any atom is 0.257 e. The molecular weight excluding hydrogens is 388 g/mol. The molecule has 3 aromatic heterocycles. The number of hydrogen-bond donors (Lipinski definition) is 0. The molecule has 4 rings (SSSR count). The van der Waals surface area contributed by atoms with Crippen molar-refractivity contribution in [2.75, 3.05) is 26.2 Å². The summed E-state index contributed by atoms with van der Waals surface area (Å²) < 4.78 is 1.60. The molecule has 29 heavy (non-hydrogen) atoms. The molecule has 0 aromatic carbocycles. The van der Waals surface area contributed by atoms with Gasteiger partial charge in [-0.2, -0.15) is 5.10 Å². The number of carbonyl (C=O) groups is 2. The second-order valence-corrected chi connectivity index (χ2v) is 8.52. The van der Waals surface area contributed by atoms with Crippen molar-refractivity contribution < 1.29 is 9.59 Å². The summed E-state index contributed by atoms with van der Waals surface area (Å²) in [6, 6.07) is 4.01. The summed E-state index contributed by atoms with van der Waals surface area (Å²) in [6.45, 7) is 8.14. The van der Waals surface area contributed by atoms with E-state index in [1.807, 2.05) is 13.0 Å². The van der Waals surface area contributed by atoms with Crippen molar-refractivity contribution in [3.05, 3.63) is 45.5 Å². The van der Waals surface area contributed by atoms with E-state index in [9.17, 15) is 9.59 Å². The van der Waals surface area contributed by atoms with E-state index in [2.05, 4.69) is 35.0 Å². The molecule has 0 atom stereocenters. The Morgan fingerprint density at radius 1 is 1.17 bits per heavy atom. The van der Waals surface area contributed by atoms with Crippen LogP contribution < -0.4 is 0 Å². The van der Waals surface area contributed by atoms with E-state index in [1.54, 1.807) is 38.2 Å². The first-order valence-corrected chi connectivity index (χ1v) is 10.2. The molecule has 4 heterocycles. The Morgan fingerprint density at radius 2 is 1.93 bits per heavy atom. The predicted octanol–water partition coefficient (Wildman–Crippen LogP) is 2.23. The fourth-order valence-electron chi connectivity index (χ4n) is 3.51. The molecule has 0 radical (unpaired) electrons. The van der Waals surface area contributed by atoms with E-state index in [-0.39, 0.29) is 5.91 Å². The number of amides is 2. The zero-order valence-corrected chi connectivity index (χ0v) is 17.4. The van der Waals surface area contributed by atoms with Crippen LogP contribution in [0.2, 0.25) is 0 Å². The van der Waals surface area contributed by atoms with E-state index < -0.39 is 0 Å². The lowest BCUT2D eigenvalue weighted by molar-refractivity contribution is -0.119. The molecule has 8 nitrogen and oxygen atoms in total. The zero-order chi connectivity index (χ0) is 20.5. The van der Waals surface area contributed by atoms with Gasteiger partial charge in [0, 0.05) is 47.7 Å². The van der Waals surface area contributed by atoms with Gasteiger partial charge in [0.1, 0.15) is 0 Å². The van der Waals surface area contributed by atoms with Crippen LogP contribution in [-0.4, -0.2) is 68.0 Å². The number of carbonyl (C=O) groups excluding carboxylic acids is 2. The second kappa shape index (κ2) is 7.75. The van der Waals surface area contributed by atoms with Crippen molar-refractivity contribution in [2.45, 2.75) is 20.8 Å². The Balaban J connectivity index is 1.61. The summed E-state index contributed by atoms with van der Waals surface area (Å²) >= 11 is 1.74. The molecule has 1 fully saturated rings. The largest absolute Gasteiger partial charge is 0.342 e. The highest BCUT2D eigenvalue weighted by Gasteiger charge is 2.25. The summed E-state index contributed by atoms with van der Waals surface area (Å²) in [5, 5.41) is 4.38. The third-order valence-electron chi connectivity index (χ3n) is 5.14. The van der Waals surface area contributed by atoms with E-state index in [0.717, 1.165) is 17.7 Å². The molecule has 0 aliphatic carbocycles. The van der Waals surface area contributed by atoms with Gasteiger partial charge in [0.05, 0.1) is 23.1 Å². The van der Waals surface area contributed by atoms with Crippen LogP contribution in [0.1, 0.15) is 25.8 Å². The topological polar surface area (TPSA) is 84.2 Å². The van der Waals surface area contributed by atoms with Crippen LogP contribution in [0.25, 0.3) is 17.2 Å². The lowest BCUT2D eigenvalue weighted by Crippen LogP contribution is -2.48. The quantitative estimate of drug-likeness (QED) is 0.616. The summed E-state index contributed by atoms with van der Waals surface area (Å²) in [7, 11) is 0. The first kappa shape index (κ1) is 19.3. The molecule has 3 aromatic rings. The molecular formula is C20H22N6O2S. The van der Waals surface area contributed by atoms with Crippen LogP contribution in [0.4, 0.5) is 0 Å². The highest BCUT2D eigenvalue weighted by atomic mass is 32.1. The standard InChI is InChI=1S/C20H22N6O2S/c1-13-10-16(15(3)29-13)18-4-5-21-20(23-18)26-14(2)17(11-22-26)19(28)25-8-6-24(12-27)7-9-25/h4-5,10-12H,6-9H2,1-3H3. The van der Waals surface area contributed by atoms with Crippen molar-refractivity contribution in [2.24, 2.45) is 0 Å². The van der Waals surface area contributed by atoms with Gasteiger partial charge in [-0.05, 0) is 32.9 Å². The molecule has 0 unspecified atom stereocenters. The molecule has 1 aliphatic heterocycles. The lowest BCUT2D eigenvalue weighted by atomic mass is 10.2. The summed E-state index contributed by atoms with van der Waals surface area (Å²) in [6.07, 6.45) is 4.11. The maximum atomic E-state index is 12.9. The van der Waals surface area contributed by atoms with Crippen LogP contribution >= 0.6 is 11.3 Å². The Labute approximate surface area is 172 Å². The fraction of sp³-hybridized carbons (Fsp3) is 0.350. The van der Waals surface area contributed by atoms with Gasteiger partial charge in [0.25, 0.3) is 11.9 Å². The highest BCUT2D eigenvalue weighted by molar-refractivity contribution is 7.12. The third-order valence-corrected chi connectivity index (χ3v) is 6.11. The Morgan fingerprint density at radius 3 is 2.59 bits per heavy atom. The Bertz CT molecular complexity index is 1060. The van der Waals surface area contributed by atoms with E-state index >= 15 is 0 Å². The van der Waals surface area contributed by atoms with Crippen LogP contribution in [-0.2, 0) is 4.79 Å². The van der Waals surface area contributed by atoms with Crippen molar-refractivity contribution >= 4 is 23.7 Å². The average molecular weight is 411 g/mol. The summed E-state index contributed by atoms with van der Waals surface area (Å²) in [5.41, 5.74) is 3.15. The van der Waals surface area contributed by atoms with Gasteiger partial charge in [0.15, 0.2) is 0 Å². The fourth-order valence-corrected chi connectivity index (χ4v) is 4.44. The average Bonchev–Trinajstić information content (AvgIpc) is 3.29. The van der Waals surface area contributed by atoms with E-state index in [0.29, 0.717) is 43.4 Å². The minimum absolute atomic E-state index is 0.0836. The van der Waals surface area contributed by atoms with Gasteiger partial charge in [-0.25, -0.2) is 14.6 Å². The number of hydrogen-bond acceptors (Lipinski definition) is 6. The summed E-state index contributed by atoms with van der Waals surface area (Å²) in [5.74, 6) is 0.354. The van der Waals surface area contributed by atoms with Crippen molar-refractivity contribution in [1.29, 1.82) is 0 Å². The van der Waals surface area contributed by atoms with Crippen LogP contribution in [0.15, 0.2) is 24.5 Å². The monoisotopic (exact) mass is 410 g/mol. The smallest absolute Gasteiger partial charge is 0.257 e. The number of aromatic nitrogens is 4. The van der Waals surface area contributed by atoms with Gasteiger partial charge in [-0.3, -0.25) is 9.59 Å². The minimum Gasteiger partial charge on any atom is -0.342 e. The number of nitrogens with zero attached hydrogens (tertiary/aromatic N) is 6. The molecule has 1 saturated heterocycles. The number of piperazine rings is 1. The Hall–Kier alpha value is -3.07. The molecule has 0 spiro atoms. The number of rotatable bonds is 4. The normalized spacial score (nSPS) is 14.3. The summed E-state index contributed by atoms with van der Waals surface area (Å²) in [4.78, 5) is 38.7. The highest BCUT2D eigenvalue weighted by Crippen LogP contribution is 2.29. The first-order valence-electron chi connectivity index (χ1n) is 9.42. The lowest BCUT2D eigenvalue weighted by Gasteiger charge is -2.32. The number of thiophene rings is 1. The number of aryl methyl sites for hydroxylation is 2. The van der Waals surface area contributed by atoms with Crippen LogP contribution in [0.5, 0.6) is 0 Å². The van der Waals surface area contributed by atoms with Gasteiger partial charge >= 0.3 is 0 Å². The predicted molar refractivity (Wildman–Crippen MR) is 110 cm³/mol. The van der Waals surface area contributed by atoms with Gasteiger partial charge in [0.2, 0.25) is 6.41 Å². The van der Waals surface area contributed by atoms with Crippen LogP contribution in [0.3, 0.4) is 0 Å². The van der Waals surface area contributed by atoms with Crippen molar-refractivity contribution in [3.8, 4) is 17.2 Å². The molecule has 0 bridgehead atoms. The molecule has 2 amide bonds. The zero-order valence-electron chi connectivity index (χ0n) is 16.6. The molecule has 150 valence electrons. The minimum atomic E-state index is -0.0836. The maximum absolute atomic E-state index is 12.9. The van der Waals surface area contributed by atoms with Crippen molar-refractivity contribution in [1.82, 2.24) is 29.5 Å². The molecule has 1 aliphatic rings. The Kier molecular flexibility index (Phi) is 5.14. The third kappa shape index (κ3) is 3.65. The molecule has 9 heteroatoms. The van der Waals surface area contributed by atoms with Crippen LogP contribution in [0, 0.1) is 20.8 Å². The van der Waals surface area contributed by atoms with Gasteiger partial charge in [-0.15, -0.1) is 11.3 Å². The first-order chi connectivity index (χ1) is 14.0. The molecule has 0 saturated carbocycles. The van der Waals surface area contributed by atoms with Crippen molar-refractivity contribution in [3.63, 3.8) is 0 Å². The van der Waals surface area contributed by atoms with E-state index in [1.165, 1.54) is 9.75 Å². The second-order valence-electron chi connectivity index (χ2n) is 7.06.